The maximum absolute atomic E-state index is 14.1. The minimum atomic E-state index is -2.79. The van der Waals surface area contributed by atoms with Crippen LogP contribution in [0.25, 0.3) is 5.52 Å². The van der Waals surface area contributed by atoms with Crippen LogP contribution < -0.4 is 4.90 Å². The molecule has 1 aromatic carbocycles. The molecule has 5 rings (SSSR count). The number of para-hydroxylation sites is 1. The minimum Gasteiger partial charge on any atom is -0.326 e. The van der Waals surface area contributed by atoms with Crippen LogP contribution in [0.1, 0.15) is 46.9 Å². The van der Waals surface area contributed by atoms with Gasteiger partial charge >= 0.3 is 0 Å². The van der Waals surface area contributed by atoms with Crippen LogP contribution >= 0.6 is 11.6 Å². The maximum Gasteiger partial charge on any atom is 0.280 e. The van der Waals surface area contributed by atoms with Crippen molar-refractivity contribution in [1.82, 2.24) is 14.5 Å². The Hall–Kier alpha value is -3.07. The molecule has 10 heteroatoms. The van der Waals surface area contributed by atoms with Gasteiger partial charge in [-0.25, -0.2) is 17.7 Å². The number of anilines is 1. The van der Waals surface area contributed by atoms with Crippen molar-refractivity contribution in [3.05, 3.63) is 64.2 Å². The van der Waals surface area contributed by atoms with Gasteiger partial charge in [-0.15, -0.1) is 0 Å². The average molecular weight is 463 g/mol. The molecule has 166 valence electrons. The van der Waals surface area contributed by atoms with Crippen LogP contribution in [-0.2, 0) is 4.79 Å². The van der Waals surface area contributed by atoms with Gasteiger partial charge in [-0.2, -0.15) is 5.10 Å². The van der Waals surface area contributed by atoms with Crippen molar-refractivity contribution in [3.63, 3.8) is 0 Å². The Morgan fingerprint density at radius 1 is 1.16 bits per heavy atom. The van der Waals surface area contributed by atoms with Crippen molar-refractivity contribution in [2.24, 2.45) is 0 Å². The summed E-state index contributed by atoms with van der Waals surface area (Å²) in [6, 6.07) is 8.99. The number of halogens is 4. The first-order valence-corrected chi connectivity index (χ1v) is 10.6. The van der Waals surface area contributed by atoms with Crippen LogP contribution in [0, 0.1) is 5.82 Å². The smallest absolute Gasteiger partial charge is 0.280 e. The second-order valence-corrected chi connectivity index (χ2v) is 8.35. The summed E-state index contributed by atoms with van der Waals surface area (Å²) >= 11 is 6.41. The van der Waals surface area contributed by atoms with Gasteiger partial charge in [-0.3, -0.25) is 9.59 Å². The number of amides is 2. The van der Waals surface area contributed by atoms with Crippen molar-refractivity contribution >= 4 is 34.6 Å². The molecule has 2 aromatic heterocycles. The number of carbonyl (C=O) groups excluding carboxylic acids is 2. The van der Waals surface area contributed by atoms with Crippen LogP contribution in [0.2, 0.25) is 5.02 Å². The molecule has 3 aromatic rings. The number of fused-ring (bicyclic) bond motifs is 1. The Kier molecular flexibility index (Phi) is 5.08. The highest BCUT2D eigenvalue weighted by Crippen LogP contribution is 2.42. The molecule has 1 saturated heterocycles. The van der Waals surface area contributed by atoms with Crippen molar-refractivity contribution in [1.29, 1.82) is 0 Å². The zero-order valence-electron chi connectivity index (χ0n) is 16.8. The van der Waals surface area contributed by atoms with Crippen LogP contribution in [0.5, 0.6) is 0 Å². The molecule has 1 aliphatic heterocycles. The Morgan fingerprint density at radius 3 is 2.56 bits per heavy atom. The first-order valence-electron chi connectivity index (χ1n) is 10.2. The van der Waals surface area contributed by atoms with Crippen molar-refractivity contribution in [3.8, 4) is 0 Å². The van der Waals surface area contributed by atoms with Gasteiger partial charge in [0.25, 0.3) is 12.3 Å². The molecule has 0 spiro atoms. The lowest BCUT2D eigenvalue weighted by Crippen LogP contribution is -2.52. The van der Waals surface area contributed by atoms with E-state index >= 15 is 0 Å². The molecule has 0 unspecified atom stereocenters. The number of aromatic nitrogens is 2. The van der Waals surface area contributed by atoms with Crippen molar-refractivity contribution in [2.45, 2.75) is 25.2 Å². The number of hydrogen-bond donors (Lipinski definition) is 0. The standard InChI is InChI=1S/C22H18ClF3N4O2/c23-19-16-9-13(12-5-6-12)10-17(21(25)26)30(16)27-20(19)22(32)28-7-8-29(18(31)11-28)15-4-2-1-3-14(15)24/h1-4,9-10,12,21H,5-8,11H2. The zero-order chi connectivity index (χ0) is 22.6. The van der Waals surface area contributed by atoms with Gasteiger partial charge in [-0.1, -0.05) is 23.7 Å². The Balaban J connectivity index is 1.44. The molecule has 6 nitrogen and oxygen atoms in total. The molecule has 1 saturated carbocycles. The van der Waals surface area contributed by atoms with E-state index in [0.717, 1.165) is 22.9 Å². The molecule has 0 bridgehead atoms. The van der Waals surface area contributed by atoms with Gasteiger partial charge in [0.15, 0.2) is 5.69 Å². The van der Waals surface area contributed by atoms with E-state index in [2.05, 4.69) is 5.10 Å². The van der Waals surface area contributed by atoms with E-state index in [1.165, 1.54) is 34.1 Å². The molecule has 2 amide bonds. The maximum atomic E-state index is 14.1. The fourth-order valence-corrected chi connectivity index (χ4v) is 4.28. The first kappa shape index (κ1) is 20.8. The minimum absolute atomic E-state index is 0.0246. The lowest BCUT2D eigenvalue weighted by molar-refractivity contribution is -0.120. The fraction of sp³-hybridized carbons (Fsp3) is 0.318. The summed E-state index contributed by atoms with van der Waals surface area (Å²) in [6.45, 7) is -0.0882. The van der Waals surface area contributed by atoms with E-state index in [9.17, 15) is 22.8 Å². The van der Waals surface area contributed by atoms with E-state index < -0.39 is 24.1 Å². The highest BCUT2D eigenvalue weighted by molar-refractivity contribution is 6.36. The zero-order valence-corrected chi connectivity index (χ0v) is 17.5. The Labute approximate surface area is 186 Å². The van der Waals surface area contributed by atoms with E-state index in [1.807, 2.05) is 0 Å². The first-order chi connectivity index (χ1) is 15.3. The average Bonchev–Trinajstić information content (AvgIpc) is 3.57. The Morgan fingerprint density at radius 2 is 1.91 bits per heavy atom. The lowest BCUT2D eigenvalue weighted by Gasteiger charge is -2.34. The van der Waals surface area contributed by atoms with E-state index in [4.69, 9.17) is 11.6 Å². The third-order valence-electron chi connectivity index (χ3n) is 5.85. The number of alkyl halides is 2. The summed E-state index contributed by atoms with van der Waals surface area (Å²) in [5, 5.41) is 4.05. The number of nitrogens with zero attached hydrogens (tertiary/aromatic N) is 4. The van der Waals surface area contributed by atoms with Crippen molar-refractivity contribution in [2.75, 3.05) is 24.5 Å². The monoisotopic (exact) mass is 462 g/mol. The molecule has 1 aliphatic carbocycles. The molecule has 0 radical (unpaired) electrons. The molecule has 0 atom stereocenters. The van der Waals surface area contributed by atoms with Crippen molar-refractivity contribution < 1.29 is 22.8 Å². The SMILES string of the molecule is O=C(c1nn2c(C(F)F)cc(C3CC3)cc2c1Cl)N1CCN(c2ccccc2F)C(=O)C1. The number of benzene rings is 1. The van der Waals surface area contributed by atoms with Gasteiger partial charge in [-0.05, 0) is 48.6 Å². The largest absolute Gasteiger partial charge is 0.326 e. The predicted octanol–water partition coefficient (Wildman–Crippen LogP) is 4.43. The third-order valence-corrected chi connectivity index (χ3v) is 6.22. The van der Waals surface area contributed by atoms with Crippen LogP contribution in [-0.4, -0.2) is 46.0 Å². The lowest BCUT2D eigenvalue weighted by atomic mass is 10.1. The van der Waals surface area contributed by atoms with Gasteiger partial charge < -0.3 is 9.80 Å². The second kappa shape index (κ2) is 7.81. The van der Waals surface area contributed by atoms with Crippen LogP contribution in [0.4, 0.5) is 18.9 Å². The summed E-state index contributed by atoms with van der Waals surface area (Å²) < 4.78 is 42.4. The predicted molar refractivity (Wildman–Crippen MR) is 112 cm³/mol. The van der Waals surface area contributed by atoms with Gasteiger partial charge in [0, 0.05) is 13.1 Å². The molecule has 32 heavy (non-hydrogen) atoms. The van der Waals surface area contributed by atoms with E-state index in [1.54, 1.807) is 12.1 Å². The quantitative estimate of drug-likeness (QED) is 0.576. The number of hydrogen-bond acceptors (Lipinski definition) is 3. The summed E-state index contributed by atoms with van der Waals surface area (Å²) in [5.41, 5.74) is 0.623. The summed E-state index contributed by atoms with van der Waals surface area (Å²) in [4.78, 5) is 28.2. The summed E-state index contributed by atoms with van der Waals surface area (Å²) in [6.07, 6.45) is -0.948. The molecular weight excluding hydrogens is 445 g/mol. The molecular formula is C22H18ClF3N4O2. The number of pyridine rings is 1. The van der Waals surface area contributed by atoms with Gasteiger partial charge in [0.05, 0.1) is 16.2 Å². The topological polar surface area (TPSA) is 57.9 Å². The molecule has 2 fully saturated rings. The van der Waals surface area contributed by atoms with Gasteiger partial charge in [0.2, 0.25) is 5.91 Å². The number of carbonyl (C=O) groups is 2. The highest BCUT2D eigenvalue weighted by atomic mass is 35.5. The molecule has 3 heterocycles. The summed E-state index contributed by atoms with van der Waals surface area (Å²) in [7, 11) is 0. The second-order valence-electron chi connectivity index (χ2n) is 7.97. The number of piperazine rings is 1. The molecule has 0 N–H and O–H groups in total. The fourth-order valence-electron chi connectivity index (χ4n) is 4.03. The number of rotatable bonds is 4. The van der Waals surface area contributed by atoms with Crippen LogP contribution in [0.3, 0.4) is 0 Å². The van der Waals surface area contributed by atoms with Gasteiger partial charge in [0.1, 0.15) is 18.1 Å². The third kappa shape index (κ3) is 3.50. The normalized spacial score (nSPS) is 17.0. The summed E-state index contributed by atoms with van der Waals surface area (Å²) in [5.74, 6) is -1.41. The van der Waals surface area contributed by atoms with Crippen LogP contribution in [0.15, 0.2) is 36.4 Å². The Bertz CT molecular complexity index is 1240. The highest BCUT2D eigenvalue weighted by Gasteiger charge is 2.33. The van der Waals surface area contributed by atoms with E-state index in [-0.39, 0.29) is 53.2 Å². The molecule has 2 aliphatic rings. The van der Waals surface area contributed by atoms with E-state index in [0.29, 0.717) is 0 Å².